The van der Waals surface area contributed by atoms with Gasteiger partial charge in [0.15, 0.2) is 11.6 Å². The van der Waals surface area contributed by atoms with E-state index in [2.05, 4.69) is 47.3 Å². The quantitative estimate of drug-likeness (QED) is 0.226. The number of hydrogen-bond acceptors (Lipinski definition) is 10. The average Bonchev–Trinajstić information content (AvgIpc) is 3.47. The van der Waals surface area contributed by atoms with Crippen LogP contribution >= 0.6 is 0 Å². The van der Waals surface area contributed by atoms with Gasteiger partial charge >= 0.3 is 0 Å². The van der Waals surface area contributed by atoms with Crippen molar-refractivity contribution in [2.75, 3.05) is 61.2 Å². The number of halogens is 2. The van der Waals surface area contributed by atoms with Crippen molar-refractivity contribution in [3.8, 4) is 5.75 Å². The summed E-state index contributed by atoms with van der Waals surface area (Å²) in [5, 5.41) is 19.2. The number of hydrogen-bond donors (Lipinski definition) is 4. The summed E-state index contributed by atoms with van der Waals surface area (Å²) >= 11 is 0. The first kappa shape index (κ1) is 30.6. The van der Waals surface area contributed by atoms with Crippen molar-refractivity contribution in [2.24, 2.45) is 0 Å². The molecule has 0 spiro atoms. The Kier molecular flexibility index (Phi) is 9.53. The van der Waals surface area contributed by atoms with Gasteiger partial charge in [0.25, 0.3) is 0 Å². The number of ether oxygens (including phenoxy) is 1. The fraction of sp³-hybridized carbons (Fsp3) is 0.379. The number of rotatable bonds is 12. The summed E-state index contributed by atoms with van der Waals surface area (Å²) in [6, 6.07) is 5.37. The summed E-state index contributed by atoms with van der Waals surface area (Å²) in [4.78, 5) is 29.3. The molecule has 1 saturated heterocycles. The molecule has 0 unspecified atom stereocenters. The summed E-state index contributed by atoms with van der Waals surface area (Å²) < 4.78 is 33.6. The normalized spacial score (nSPS) is 13.5. The maximum atomic E-state index is 14.1. The van der Waals surface area contributed by atoms with Crippen molar-refractivity contribution in [3.05, 3.63) is 60.4 Å². The number of anilines is 6. The molecule has 13 heteroatoms. The van der Waals surface area contributed by atoms with E-state index in [1.54, 1.807) is 6.07 Å². The predicted octanol–water partition coefficient (Wildman–Crippen LogP) is 4.53. The minimum absolute atomic E-state index is 0.0152. The molecule has 4 N–H and O–H groups in total. The molecule has 1 aliphatic rings. The third-order valence-electron chi connectivity index (χ3n) is 6.91. The zero-order valence-corrected chi connectivity index (χ0v) is 24.2. The molecule has 1 aromatic heterocycles. The Hall–Kier alpha value is -4.36. The maximum Gasteiger partial charge on any atom is 0.247 e. The van der Waals surface area contributed by atoms with Gasteiger partial charge in [-0.15, -0.1) is 0 Å². The lowest BCUT2D eigenvalue weighted by atomic mass is 9.96. The average molecular weight is 583 g/mol. The minimum Gasteiger partial charge on any atom is -0.494 e. The highest BCUT2D eigenvalue weighted by molar-refractivity contribution is 6.02. The van der Waals surface area contributed by atoms with Crippen LogP contribution in [0.25, 0.3) is 0 Å². The van der Waals surface area contributed by atoms with E-state index in [0.717, 1.165) is 44.0 Å². The maximum absolute atomic E-state index is 14.1. The number of aliphatic hydroxyl groups is 1. The second kappa shape index (κ2) is 13.1. The van der Waals surface area contributed by atoms with E-state index in [4.69, 9.17) is 4.74 Å². The van der Waals surface area contributed by atoms with Gasteiger partial charge in [-0.25, -0.2) is 18.7 Å². The Bertz CT molecular complexity index is 1440. The molecule has 0 atom stereocenters. The second-order valence-electron chi connectivity index (χ2n) is 10.5. The Balaban J connectivity index is 1.62. The molecule has 1 aliphatic heterocycles. The largest absolute Gasteiger partial charge is 0.494 e. The first-order valence-electron chi connectivity index (χ1n) is 13.5. The lowest BCUT2D eigenvalue weighted by molar-refractivity contribution is -0.111. The van der Waals surface area contributed by atoms with Crippen LogP contribution in [0, 0.1) is 11.6 Å². The van der Waals surface area contributed by atoms with Gasteiger partial charge in [0, 0.05) is 37.8 Å². The van der Waals surface area contributed by atoms with Crippen molar-refractivity contribution in [3.63, 3.8) is 0 Å². The van der Waals surface area contributed by atoms with Crippen LogP contribution in [0.2, 0.25) is 0 Å². The summed E-state index contributed by atoms with van der Waals surface area (Å²) in [5.41, 5.74) is 0.458. The molecule has 1 fully saturated rings. The fourth-order valence-corrected chi connectivity index (χ4v) is 4.67. The Morgan fingerprint density at radius 1 is 1.10 bits per heavy atom. The molecular formula is C29H36F2N8O3. The molecule has 0 saturated carbocycles. The molecule has 4 rings (SSSR count). The Morgan fingerprint density at radius 3 is 2.36 bits per heavy atom. The highest BCUT2D eigenvalue weighted by Gasteiger charge is 2.24. The first-order chi connectivity index (χ1) is 20.0. The van der Waals surface area contributed by atoms with E-state index in [1.807, 2.05) is 13.1 Å². The van der Waals surface area contributed by atoms with Crippen molar-refractivity contribution in [2.45, 2.75) is 32.3 Å². The number of nitrogens with one attached hydrogen (secondary N) is 3. The SMILES string of the molecule is C=CC(=O)Nc1cc(Nc2ncnc(Nc3cc(F)c(F)cc3C(C)(C)O)n2)c(OC)cc1N(C)CCN1CCCC1. The second-order valence-corrected chi connectivity index (χ2v) is 10.5. The molecule has 1 amide bonds. The number of carbonyl (C=O) groups excluding carboxylic acids is 1. The molecular weight excluding hydrogens is 546 g/mol. The summed E-state index contributed by atoms with van der Waals surface area (Å²) in [6.07, 6.45) is 4.83. The zero-order valence-electron chi connectivity index (χ0n) is 24.2. The molecule has 11 nitrogen and oxygen atoms in total. The van der Waals surface area contributed by atoms with Gasteiger partial charge in [-0.3, -0.25) is 4.79 Å². The van der Waals surface area contributed by atoms with E-state index < -0.39 is 17.2 Å². The first-order valence-corrected chi connectivity index (χ1v) is 13.5. The van der Waals surface area contributed by atoms with Crippen LogP contribution < -0.4 is 25.6 Å². The van der Waals surface area contributed by atoms with Crippen molar-refractivity contribution < 1.29 is 23.4 Å². The van der Waals surface area contributed by atoms with Gasteiger partial charge in [-0.05, 0) is 58.0 Å². The van der Waals surface area contributed by atoms with E-state index in [1.165, 1.54) is 46.2 Å². The summed E-state index contributed by atoms with van der Waals surface area (Å²) in [7, 11) is 3.48. The molecule has 2 heterocycles. The van der Waals surface area contributed by atoms with E-state index >= 15 is 0 Å². The number of carbonyl (C=O) groups is 1. The van der Waals surface area contributed by atoms with Crippen LogP contribution in [-0.4, -0.2) is 71.2 Å². The Morgan fingerprint density at radius 2 is 1.74 bits per heavy atom. The minimum atomic E-state index is -1.48. The van der Waals surface area contributed by atoms with Gasteiger partial charge in [0.1, 0.15) is 12.1 Å². The lowest BCUT2D eigenvalue weighted by Crippen LogP contribution is -2.32. The van der Waals surface area contributed by atoms with Gasteiger partial charge in [0.2, 0.25) is 17.8 Å². The third kappa shape index (κ3) is 7.47. The standard InChI is InChI=1S/C29H36F2N8O3/c1-6-26(40)34-22-15-23(25(42-5)16-24(22)38(4)11-12-39-9-7-8-10-39)36-28-33-17-32-27(37-28)35-21-14-20(31)19(30)13-18(21)29(2,3)41/h6,13-17,41H,1,7-12H2,2-5H3,(H,34,40)(H2,32,33,35,36,37). The molecule has 2 aromatic carbocycles. The fourth-order valence-electron chi connectivity index (χ4n) is 4.67. The van der Waals surface area contributed by atoms with Crippen LogP contribution in [0.4, 0.5) is 43.4 Å². The topological polar surface area (TPSA) is 128 Å². The number of nitrogens with zero attached hydrogens (tertiary/aromatic N) is 5. The third-order valence-corrected chi connectivity index (χ3v) is 6.91. The number of methoxy groups -OCH3 is 1. The number of likely N-dealkylation sites (N-methyl/N-ethyl adjacent to an activating group) is 1. The molecule has 0 aliphatic carbocycles. The Labute approximate surface area is 243 Å². The van der Waals surface area contributed by atoms with Gasteiger partial charge in [-0.1, -0.05) is 6.58 Å². The van der Waals surface area contributed by atoms with Gasteiger partial charge in [0.05, 0.1) is 35.5 Å². The predicted molar refractivity (Wildman–Crippen MR) is 159 cm³/mol. The monoisotopic (exact) mass is 582 g/mol. The van der Waals surface area contributed by atoms with E-state index in [0.29, 0.717) is 17.1 Å². The van der Waals surface area contributed by atoms with Crippen molar-refractivity contribution in [1.29, 1.82) is 0 Å². The summed E-state index contributed by atoms with van der Waals surface area (Å²) in [5.74, 6) is -1.97. The number of aromatic nitrogens is 3. The van der Waals surface area contributed by atoms with Crippen molar-refractivity contribution >= 4 is 40.6 Å². The van der Waals surface area contributed by atoms with E-state index in [9.17, 15) is 18.7 Å². The summed E-state index contributed by atoms with van der Waals surface area (Å²) in [6.45, 7) is 10.3. The number of amides is 1. The highest BCUT2D eigenvalue weighted by atomic mass is 19.2. The molecule has 224 valence electrons. The van der Waals surface area contributed by atoms with Gasteiger partial charge in [-0.2, -0.15) is 4.98 Å². The highest BCUT2D eigenvalue weighted by Crippen LogP contribution is 2.38. The van der Waals surface area contributed by atoms with Crippen molar-refractivity contribution in [1.82, 2.24) is 19.9 Å². The lowest BCUT2D eigenvalue weighted by Gasteiger charge is -2.26. The van der Waals surface area contributed by atoms with Crippen LogP contribution in [0.5, 0.6) is 5.75 Å². The number of benzene rings is 2. The molecule has 0 bridgehead atoms. The number of likely N-dealkylation sites (tertiary alicyclic amines) is 1. The molecule has 42 heavy (non-hydrogen) atoms. The zero-order chi connectivity index (χ0) is 30.4. The van der Waals surface area contributed by atoms with Crippen LogP contribution in [0.15, 0.2) is 43.2 Å². The smallest absolute Gasteiger partial charge is 0.247 e. The van der Waals surface area contributed by atoms with Gasteiger partial charge < -0.3 is 35.6 Å². The molecule has 0 radical (unpaired) electrons. The van der Waals surface area contributed by atoms with Crippen LogP contribution in [0.1, 0.15) is 32.3 Å². The van der Waals surface area contributed by atoms with Crippen LogP contribution in [0.3, 0.4) is 0 Å². The molecule has 3 aromatic rings. The van der Waals surface area contributed by atoms with Crippen LogP contribution in [-0.2, 0) is 10.4 Å². The van der Waals surface area contributed by atoms with E-state index in [-0.39, 0.29) is 29.1 Å².